The standard InChI is InChI=1S/C12H13NO6.C5H8O4/c14-10(15)6-13(7-11(16)17)12(18)19-8-9-4-2-1-3-5-9;6-4(7)2-1-3-5(8)9/h1-5H,6-8H2,(H,14,15)(H,16,17);1-3H2,(H,6,7)(H,8,9). The first-order chi connectivity index (χ1) is 13.1. The number of carbonyl (C=O) groups is 5. The first-order valence-corrected chi connectivity index (χ1v) is 7.94. The molecule has 154 valence electrons. The highest BCUT2D eigenvalue weighted by atomic mass is 16.6. The van der Waals surface area contributed by atoms with Crippen LogP contribution in [0, 0.1) is 0 Å². The number of rotatable bonds is 10. The van der Waals surface area contributed by atoms with Crippen molar-refractivity contribution in [2.75, 3.05) is 13.1 Å². The number of ether oxygens (including phenoxy) is 1. The number of carboxylic acids is 4. The van der Waals surface area contributed by atoms with E-state index in [0.717, 1.165) is 5.56 Å². The van der Waals surface area contributed by atoms with Gasteiger partial charge >= 0.3 is 30.0 Å². The maximum atomic E-state index is 11.6. The van der Waals surface area contributed by atoms with E-state index in [1.807, 2.05) is 0 Å². The van der Waals surface area contributed by atoms with Gasteiger partial charge in [-0.05, 0) is 12.0 Å². The Hall–Kier alpha value is -3.63. The molecular weight excluding hydrogens is 378 g/mol. The maximum Gasteiger partial charge on any atom is 0.411 e. The number of benzene rings is 1. The lowest BCUT2D eigenvalue weighted by Crippen LogP contribution is -2.39. The van der Waals surface area contributed by atoms with Crippen molar-refractivity contribution in [3.05, 3.63) is 35.9 Å². The van der Waals surface area contributed by atoms with Gasteiger partial charge in [0, 0.05) is 12.8 Å². The van der Waals surface area contributed by atoms with Crippen LogP contribution in [-0.4, -0.2) is 68.4 Å². The Morgan fingerprint density at radius 2 is 1.21 bits per heavy atom. The average molecular weight is 399 g/mol. The van der Waals surface area contributed by atoms with Crippen LogP contribution in [0.3, 0.4) is 0 Å². The van der Waals surface area contributed by atoms with E-state index in [1.165, 1.54) is 0 Å². The highest BCUT2D eigenvalue weighted by Crippen LogP contribution is 2.03. The lowest BCUT2D eigenvalue weighted by Gasteiger charge is -2.17. The molecule has 0 aliphatic heterocycles. The van der Waals surface area contributed by atoms with Gasteiger partial charge in [-0.3, -0.25) is 24.1 Å². The second kappa shape index (κ2) is 13.6. The van der Waals surface area contributed by atoms with Crippen LogP contribution in [0.2, 0.25) is 0 Å². The summed E-state index contributed by atoms with van der Waals surface area (Å²) in [5.41, 5.74) is 0.724. The van der Waals surface area contributed by atoms with Crippen LogP contribution in [0.1, 0.15) is 24.8 Å². The quantitative estimate of drug-likeness (QED) is 0.445. The Labute approximate surface area is 159 Å². The van der Waals surface area contributed by atoms with Crippen molar-refractivity contribution >= 4 is 30.0 Å². The van der Waals surface area contributed by atoms with Gasteiger partial charge in [0.15, 0.2) is 0 Å². The fourth-order valence-electron chi connectivity index (χ4n) is 1.71. The maximum absolute atomic E-state index is 11.6. The minimum absolute atomic E-state index is 0.0462. The smallest absolute Gasteiger partial charge is 0.411 e. The van der Waals surface area contributed by atoms with E-state index in [9.17, 15) is 24.0 Å². The molecule has 0 aromatic heterocycles. The van der Waals surface area contributed by atoms with E-state index in [4.69, 9.17) is 25.2 Å². The number of hydrogen-bond acceptors (Lipinski definition) is 6. The van der Waals surface area contributed by atoms with Crippen LogP contribution in [0.4, 0.5) is 4.79 Å². The van der Waals surface area contributed by atoms with E-state index in [1.54, 1.807) is 30.3 Å². The van der Waals surface area contributed by atoms with Crippen molar-refractivity contribution in [2.24, 2.45) is 0 Å². The van der Waals surface area contributed by atoms with Crippen molar-refractivity contribution in [3.63, 3.8) is 0 Å². The van der Waals surface area contributed by atoms with Crippen LogP contribution in [0.25, 0.3) is 0 Å². The van der Waals surface area contributed by atoms with Gasteiger partial charge in [0.25, 0.3) is 0 Å². The minimum Gasteiger partial charge on any atom is -0.481 e. The SMILES string of the molecule is O=C(O)CCCC(=O)O.O=C(O)CN(CC(=O)O)C(=O)OCc1ccccc1. The van der Waals surface area contributed by atoms with E-state index < -0.39 is 43.1 Å². The minimum atomic E-state index is -1.31. The molecule has 0 heterocycles. The van der Waals surface area contributed by atoms with Crippen molar-refractivity contribution in [3.8, 4) is 0 Å². The first-order valence-electron chi connectivity index (χ1n) is 7.94. The Bertz CT molecular complexity index is 644. The third-order valence-corrected chi connectivity index (χ3v) is 2.90. The zero-order valence-corrected chi connectivity index (χ0v) is 14.8. The molecule has 1 aromatic carbocycles. The summed E-state index contributed by atoms with van der Waals surface area (Å²) >= 11 is 0. The third kappa shape index (κ3) is 13.6. The number of nitrogens with zero attached hydrogens (tertiary/aromatic N) is 1. The van der Waals surface area contributed by atoms with Crippen molar-refractivity contribution in [1.29, 1.82) is 0 Å². The predicted molar refractivity (Wildman–Crippen MR) is 92.6 cm³/mol. The third-order valence-electron chi connectivity index (χ3n) is 2.90. The van der Waals surface area contributed by atoms with Gasteiger partial charge in [-0.1, -0.05) is 30.3 Å². The van der Waals surface area contributed by atoms with Gasteiger partial charge < -0.3 is 25.2 Å². The first kappa shape index (κ1) is 24.4. The van der Waals surface area contributed by atoms with Gasteiger partial charge in [-0.15, -0.1) is 0 Å². The Balaban J connectivity index is 0.000000684. The summed E-state index contributed by atoms with van der Waals surface area (Å²) in [5.74, 6) is -4.51. The molecule has 11 heteroatoms. The molecule has 4 N–H and O–H groups in total. The highest BCUT2D eigenvalue weighted by Gasteiger charge is 2.20. The summed E-state index contributed by atoms with van der Waals surface area (Å²) in [7, 11) is 0. The van der Waals surface area contributed by atoms with Gasteiger partial charge in [-0.25, -0.2) is 4.79 Å². The van der Waals surface area contributed by atoms with Crippen LogP contribution < -0.4 is 0 Å². The lowest BCUT2D eigenvalue weighted by molar-refractivity contribution is -0.142. The monoisotopic (exact) mass is 399 g/mol. The van der Waals surface area contributed by atoms with E-state index >= 15 is 0 Å². The Morgan fingerprint density at radius 1 is 0.750 bits per heavy atom. The van der Waals surface area contributed by atoms with Crippen molar-refractivity contribution in [1.82, 2.24) is 4.90 Å². The van der Waals surface area contributed by atoms with E-state index in [-0.39, 0.29) is 25.9 Å². The van der Waals surface area contributed by atoms with Crippen LogP contribution in [0.15, 0.2) is 30.3 Å². The fourth-order valence-corrected chi connectivity index (χ4v) is 1.71. The molecule has 0 saturated carbocycles. The molecule has 11 nitrogen and oxygen atoms in total. The molecule has 1 aromatic rings. The number of amides is 1. The fraction of sp³-hybridized carbons (Fsp3) is 0.353. The van der Waals surface area contributed by atoms with Crippen LogP contribution in [0.5, 0.6) is 0 Å². The van der Waals surface area contributed by atoms with Crippen LogP contribution in [-0.2, 0) is 30.5 Å². The molecule has 0 unspecified atom stereocenters. The lowest BCUT2D eigenvalue weighted by atomic mass is 10.2. The summed E-state index contributed by atoms with van der Waals surface area (Å²) in [6.45, 7) is -1.49. The normalized spacial score (nSPS) is 9.43. The summed E-state index contributed by atoms with van der Waals surface area (Å²) in [6.07, 6.45) is -0.892. The van der Waals surface area contributed by atoms with Gasteiger partial charge in [0.1, 0.15) is 19.7 Å². The summed E-state index contributed by atoms with van der Waals surface area (Å²) in [5, 5.41) is 33.2. The molecular formula is C17H21NO10. The van der Waals surface area contributed by atoms with Crippen molar-refractivity contribution < 1.29 is 49.1 Å². The molecule has 0 saturated heterocycles. The molecule has 0 radical (unpaired) electrons. The molecule has 1 amide bonds. The number of aliphatic carboxylic acids is 4. The van der Waals surface area contributed by atoms with E-state index in [0.29, 0.717) is 4.90 Å². The van der Waals surface area contributed by atoms with Crippen molar-refractivity contribution in [2.45, 2.75) is 25.9 Å². The number of hydrogen-bond donors (Lipinski definition) is 4. The topological polar surface area (TPSA) is 179 Å². The number of carboxylic acid groups (broad SMARTS) is 4. The molecule has 0 aliphatic carbocycles. The van der Waals surface area contributed by atoms with Crippen LogP contribution >= 0.6 is 0 Å². The number of carbonyl (C=O) groups excluding carboxylic acids is 1. The van der Waals surface area contributed by atoms with Gasteiger partial charge in [-0.2, -0.15) is 0 Å². The zero-order valence-electron chi connectivity index (χ0n) is 14.8. The summed E-state index contributed by atoms with van der Waals surface area (Å²) in [6, 6.07) is 8.77. The molecule has 28 heavy (non-hydrogen) atoms. The zero-order chi connectivity index (χ0) is 21.5. The Kier molecular flexibility index (Phi) is 11.8. The largest absolute Gasteiger partial charge is 0.481 e. The van der Waals surface area contributed by atoms with Gasteiger partial charge in [0.05, 0.1) is 0 Å². The van der Waals surface area contributed by atoms with E-state index in [2.05, 4.69) is 0 Å². The molecule has 0 aliphatic rings. The summed E-state index contributed by atoms with van der Waals surface area (Å²) < 4.78 is 4.85. The molecule has 0 atom stereocenters. The molecule has 0 fully saturated rings. The molecule has 0 bridgehead atoms. The highest BCUT2D eigenvalue weighted by molar-refractivity contribution is 5.81. The Morgan fingerprint density at radius 3 is 1.61 bits per heavy atom. The second-order valence-corrected chi connectivity index (χ2v) is 5.32. The van der Waals surface area contributed by atoms with Gasteiger partial charge in [0.2, 0.25) is 0 Å². The summed E-state index contributed by atoms with van der Waals surface area (Å²) in [4.78, 5) is 52.8. The molecule has 0 spiro atoms. The molecule has 1 rings (SSSR count). The second-order valence-electron chi connectivity index (χ2n) is 5.32. The average Bonchev–Trinajstić information content (AvgIpc) is 2.59. The predicted octanol–water partition coefficient (Wildman–Crippen LogP) is 1.12.